The summed E-state index contributed by atoms with van der Waals surface area (Å²) in [5, 5.41) is 15.2. The van der Waals surface area contributed by atoms with Crippen LogP contribution in [0.1, 0.15) is 39.5 Å². The van der Waals surface area contributed by atoms with E-state index in [1.54, 1.807) is 0 Å². The smallest absolute Gasteiger partial charge is 0.122 e. The normalized spacial score (nSPS) is 27.9. The fourth-order valence-corrected chi connectivity index (χ4v) is 2.17. The minimum absolute atomic E-state index is 0.105. The van der Waals surface area contributed by atoms with E-state index in [1.165, 1.54) is 19.3 Å². The summed E-state index contributed by atoms with van der Waals surface area (Å²) in [6.07, 6.45) is 4.87. The molecule has 3 atom stereocenters. The number of quaternary nitrogens is 1. The average molecular weight is 230 g/mol. The number of hydroxylamine groups is 2. The highest BCUT2D eigenvalue weighted by Gasteiger charge is 2.26. The third-order valence-electron chi connectivity index (χ3n) is 3.22. The van der Waals surface area contributed by atoms with E-state index in [9.17, 15) is 5.21 Å². The molecule has 1 saturated heterocycles. The number of hydrogen-bond donors (Lipinski definition) is 2. The van der Waals surface area contributed by atoms with Crippen LogP contribution in [-0.4, -0.2) is 38.4 Å². The van der Waals surface area contributed by atoms with Gasteiger partial charge in [-0.2, -0.15) is 0 Å². The lowest BCUT2D eigenvalue weighted by molar-refractivity contribution is -0.861. The quantitative estimate of drug-likeness (QED) is 0.489. The molecule has 4 heteroatoms. The summed E-state index contributed by atoms with van der Waals surface area (Å²) < 4.78 is 5.68. The van der Waals surface area contributed by atoms with Crippen molar-refractivity contribution in [2.24, 2.45) is 0 Å². The van der Waals surface area contributed by atoms with E-state index in [1.807, 2.05) is 0 Å². The molecule has 0 bridgehead atoms. The number of nitrogens with one attached hydrogen (secondary N) is 2. The Bertz CT molecular complexity index is 178. The summed E-state index contributed by atoms with van der Waals surface area (Å²) in [5.74, 6) is 0. The maximum atomic E-state index is 11.4. The maximum absolute atomic E-state index is 11.4. The van der Waals surface area contributed by atoms with Crippen LogP contribution in [0.4, 0.5) is 0 Å². The molecule has 1 heterocycles. The van der Waals surface area contributed by atoms with Crippen LogP contribution in [0.2, 0.25) is 0 Å². The second-order valence-corrected chi connectivity index (χ2v) is 4.58. The Morgan fingerprint density at radius 1 is 1.44 bits per heavy atom. The first-order valence-corrected chi connectivity index (χ1v) is 6.64. The van der Waals surface area contributed by atoms with Gasteiger partial charge in [-0.1, -0.05) is 26.7 Å². The summed E-state index contributed by atoms with van der Waals surface area (Å²) in [5.41, 5.74) is 0. The lowest BCUT2D eigenvalue weighted by Gasteiger charge is -2.36. The third-order valence-corrected chi connectivity index (χ3v) is 3.22. The molecule has 0 aliphatic carbocycles. The highest BCUT2D eigenvalue weighted by atomic mass is 16.5. The van der Waals surface area contributed by atoms with E-state index in [4.69, 9.17) is 4.74 Å². The number of morpholine rings is 1. The maximum Gasteiger partial charge on any atom is 0.122 e. The van der Waals surface area contributed by atoms with Crippen LogP contribution < -0.4 is 10.4 Å². The first kappa shape index (κ1) is 13.9. The predicted octanol–water partition coefficient (Wildman–Crippen LogP) is 0.326. The molecule has 96 valence electrons. The van der Waals surface area contributed by atoms with Crippen molar-refractivity contribution < 1.29 is 9.80 Å². The van der Waals surface area contributed by atoms with Crippen LogP contribution in [0.25, 0.3) is 0 Å². The largest absolute Gasteiger partial charge is 0.634 e. The first-order valence-electron chi connectivity index (χ1n) is 6.64. The van der Waals surface area contributed by atoms with E-state index in [0.29, 0.717) is 30.8 Å². The molecule has 3 unspecified atom stereocenters. The van der Waals surface area contributed by atoms with Gasteiger partial charge in [-0.3, -0.25) is 0 Å². The van der Waals surface area contributed by atoms with Gasteiger partial charge in [0.2, 0.25) is 0 Å². The molecule has 1 aliphatic heterocycles. The molecule has 0 aromatic carbocycles. The Balaban J connectivity index is 2.23. The van der Waals surface area contributed by atoms with Gasteiger partial charge in [0.15, 0.2) is 0 Å². The topological polar surface area (TPSA) is 48.8 Å². The van der Waals surface area contributed by atoms with Crippen molar-refractivity contribution in [1.82, 2.24) is 5.32 Å². The molecule has 0 aromatic rings. The molecular formula is C12H26N2O2. The molecule has 0 amide bonds. The van der Waals surface area contributed by atoms with Gasteiger partial charge in [-0.05, 0) is 19.4 Å². The van der Waals surface area contributed by atoms with Crippen molar-refractivity contribution >= 4 is 0 Å². The molecule has 16 heavy (non-hydrogen) atoms. The van der Waals surface area contributed by atoms with Crippen LogP contribution in [0.15, 0.2) is 0 Å². The molecule has 1 fully saturated rings. The second kappa shape index (κ2) is 8.01. The first-order chi connectivity index (χ1) is 7.77. The fraction of sp³-hybridized carbons (Fsp3) is 1.00. The SMILES string of the molecule is CCCCCNC(CC)C1C[NH+]([O-])CCO1. The predicted molar refractivity (Wildman–Crippen MR) is 65.4 cm³/mol. The zero-order valence-electron chi connectivity index (χ0n) is 10.6. The van der Waals surface area contributed by atoms with Crippen molar-refractivity contribution in [1.29, 1.82) is 0 Å². The summed E-state index contributed by atoms with van der Waals surface area (Å²) >= 11 is 0. The summed E-state index contributed by atoms with van der Waals surface area (Å²) in [6, 6.07) is 0.348. The standard InChI is InChI=1S/C12H26N2O2/c1-3-5-6-7-13-11(4-2)12-10-14(15)8-9-16-12/h11-14H,3-10H2,1-2H3. The summed E-state index contributed by atoms with van der Waals surface area (Å²) in [6.45, 7) is 7.21. The van der Waals surface area contributed by atoms with Gasteiger partial charge in [-0.25, -0.2) is 0 Å². The highest BCUT2D eigenvalue weighted by Crippen LogP contribution is 2.05. The fourth-order valence-electron chi connectivity index (χ4n) is 2.17. The highest BCUT2D eigenvalue weighted by molar-refractivity contribution is 4.76. The molecular weight excluding hydrogens is 204 g/mol. The lowest BCUT2D eigenvalue weighted by atomic mass is 10.1. The van der Waals surface area contributed by atoms with E-state index in [-0.39, 0.29) is 6.10 Å². The Morgan fingerprint density at radius 2 is 2.25 bits per heavy atom. The van der Waals surface area contributed by atoms with Crippen molar-refractivity contribution in [3.05, 3.63) is 5.21 Å². The molecule has 1 rings (SSSR count). The molecule has 0 radical (unpaired) electrons. The molecule has 2 N–H and O–H groups in total. The van der Waals surface area contributed by atoms with Gasteiger partial charge in [-0.15, -0.1) is 0 Å². The minimum Gasteiger partial charge on any atom is -0.634 e. The van der Waals surface area contributed by atoms with Crippen LogP contribution >= 0.6 is 0 Å². The van der Waals surface area contributed by atoms with Crippen molar-refractivity contribution in [3.8, 4) is 0 Å². The Morgan fingerprint density at radius 3 is 2.88 bits per heavy atom. The van der Waals surface area contributed by atoms with Gasteiger partial charge in [0.05, 0.1) is 6.61 Å². The number of rotatable bonds is 7. The Kier molecular flexibility index (Phi) is 6.96. The minimum atomic E-state index is 0.105. The van der Waals surface area contributed by atoms with Crippen LogP contribution in [0, 0.1) is 5.21 Å². The average Bonchev–Trinajstić information content (AvgIpc) is 2.29. The monoisotopic (exact) mass is 230 g/mol. The number of ether oxygens (including phenoxy) is 1. The van der Waals surface area contributed by atoms with E-state index < -0.39 is 0 Å². The second-order valence-electron chi connectivity index (χ2n) is 4.58. The molecule has 0 spiro atoms. The Labute approximate surface area is 98.9 Å². The van der Waals surface area contributed by atoms with E-state index in [2.05, 4.69) is 19.2 Å². The Hall–Kier alpha value is -0.160. The van der Waals surface area contributed by atoms with Crippen LogP contribution in [0.3, 0.4) is 0 Å². The van der Waals surface area contributed by atoms with Gasteiger partial charge in [0.25, 0.3) is 0 Å². The van der Waals surface area contributed by atoms with E-state index >= 15 is 0 Å². The third kappa shape index (κ3) is 4.78. The zero-order valence-corrected chi connectivity index (χ0v) is 10.6. The zero-order chi connectivity index (χ0) is 11.8. The molecule has 4 nitrogen and oxygen atoms in total. The summed E-state index contributed by atoms with van der Waals surface area (Å²) in [7, 11) is 0. The molecule has 1 aliphatic rings. The van der Waals surface area contributed by atoms with Gasteiger partial charge >= 0.3 is 0 Å². The number of unbranched alkanes of at least 4 members (excludes halogenated alkanes) is 2. The van der Waals surface area contributed by atoms with Crippen molar-refractivity contribution in [2.75, 3.05) is 26.2 Å². The van der Waals surface area contributed by atoms with Crippen LogP contribution in [-0.2, 0) is 4.74 Å². The molecule has 0 saturated carbocycles. The van der Waals surface area contributed by atoms with Gasteiger partial charge in [0, 0.05) is 6.04 Å². The van der Waals surface area contributed by atoms with Crippen molar-refractivity contribution in [3.63, 3.8) is 0 Å². The van der Waals surface area contributed by atoms with Crippen molar-refractivity contribution in [2.45, 2.75) is 51.7 Å². The van der Waals surface area contributed by atoms with Gasteiger partial charge in [0.1, 0.15) is 19.2 Å². The summed E-state index contributed by atoms with van der Waals surface area (Å²) in [4.78, 5) is 0. The number of hydrogen-bond acceptors (Lipinski definition) is 3. The van der Waals surface area contributed by atoms with Crippen LogP contribution in [0.5, 0.6) is 0 Å². The van der Waals surface area contributed by atoms with E-state index in [0.717, 1.165) is 13.0 Å². The molecule has 0 aromatic heterocycles. The lowest BCUT2D eigenvalue weighted by Crippen LogP contribution is -3.10. The van der Waals surface area contributed by atoms with Gasteiger partial charge < -0.3 is 20.3 Å².